The summed E-state index contributed by atoms with van der Waals surface area (Å²) in [6.07, 6.45) is 4.85. The van der Waals surface area contributed by atoms with Crippen molar-refractivity contribution >= 4 is 29.0 Å². The highest BCUT2D eigenvalue weighted by Gasteiger charge is 2.18. The highest BCUT2D eigenvalue weighted by Crippen LogP contribution is 2.25. The molecule has 0 spiro atoms. The van der Waals surface area contributed by atoms with Crippen molar-refractivity contribution in [3.05, 3.63) is 83.6 Å². The van der Waals surface area contributed by atoms with Crippen LogP contribution >= 0.6 is 0 Å². The summed E-state index contributed by atoms with van der Waals surface area (Å²) in [7, 11) is 0. The number of nitrogens with zero attached hydrogens (tertiary/aromatic N) is 5. The summed E-state index contributed by atoms with van der Waals surface area (Å²) >= 11 is 0. The number of morpholine rings is 1. The van der Waals surface area contributed by atoms with Crippen molar-refractivity contribution in [1.29, 1.82) is 0 Å². The van der Waals surface area contributed by atoms with E-state index in [2.05, 4.69) is 75.6 Å². The molecule has 0 saturated carbocycles. The van der Waals surface area contributed by atoms with Gasteiger partial charge in [-0.3, -0.25) is 5.43 Å². The number of aryl methyl sites for hydroxylation is 3. The predicted octanol–water partition coefficient (Wildman–Crippen LogP) is 4.27. The third kappa shape index (κ3) is 5.04. The number of fused-ring (bicyclic) bond motifs is 1. The second-order valence-electron chi connectivity index (χ2n) is 8.24. The van der Waals surface area contributed by atoms with Crippen LogP contribution in [0, 0.1) is 6.92 Å². The van der Waals surface area contributed by atoms with Gasteiger partial charge in [-0.1, -0.05) is 60.2 Å². The largest absolute Gasteiger partial charge is 0.378 e. The highest BCUT2D eigenvalue weighted by molar-refractivity contribution is 5.89. The summed E-state index contributed by atoms with van der Waals surface area (Å²) in [6.45, 7) is 5.85. The lowest BCUT2D eigenvalue weighted by Crippen LogP contribution is -2.37. The maximum Gasteiger partial charge on any atom is 0.229 e. The molecule has 0 bridgehead atoms. The molecule has 5 rings (SSSR count). The first-order valence-electron chi connectivity index (χ1n) is 11.4. The van der Waals surface area contributed by atoms with Crippen molar-refractivity contribution in [2.24, 2.45) is 5.10 Å². The molecule has 7 heteroatoms. The van der Waals surface area contributed by atoms with Crippen LogP contribution in [0.15, 0.2) is 72.0 Å². The van der Waals surface area contributed by atoms with E-state index in [1.54, 1.807) is 0 Å². The number of hydrogen-bond acceptors (Lipinski definition) is 6. The van der Waals surface area contributed by atoms with E-state index in [0.717, 1.165) is 42.7 Å². The van der Waals surface area contributed by atoms with Crippen LogP contribution in [0.25, 0.3) is 11.0 Å². The molecule has 7 nitrogen and oxygen atoms in total. The van der Waals surface area contributed by atoms with E-state index < -0.39 is 0 Å². The van der Waals surface area contributed by atoms with E-state index in [4.69, 9.17) is 14.7 Å². The Balaban J connectivity index is 1.45. The quantitative estimate of drug-likeness (QED) is 0.343. The van der Waals surface area contributed by atoms with Gasteiger partial charge in [-0.25, -0.2) is 0 Å². The Morgan fingerprint density at radius 3 is 2.70 bits per heavy atom. The van der Waals surface area contributed by atoms with Crippen LogP contribution in [-0.4, -0.2) is 47.1 Å². The van der Waals surface area contributed by atoms with Gasteiger partial charge in [0.2, 0.25) is 5.95 Å². The van der Waals surface area contributed by atoms with Crippen LogP contribution < -0.4 is 10.3 Å². The average Bonchev–Trinajstić information content (AvgIpc) is 3.27. The first kappa shape index (κ1) is 21.2. The molecule has 4 aromatic rings. The maximum absolute atomic E-state index is 5.52. The van der Waals surface area contributed by atoms with Crippen LogP contribution in [0.1, 0.15) is 16.7 Å². The van der Waals surface area contributed by atoms with E-state index in [0.29, 0.717) is 25.0 Å². The van der Waals surface area contributed by atoms with Crippen molar-refractivity contribution in [2.45, 2.75) is 19.9 Å². The molecule has 2 aromatic heterocycles. The van der Waals surface area contributed by atoms with Gasteiger partial charge in [-0.2, -0.15) is 15.1 Å². The van der Waals surface area contributed by atoms with Crippen LogP contribution in [0.2, 0.25) is 0 Å². The molecule has 1 aliphatic rings. The monoisotopic (exact) mass is 440 g/mol. The lowest BCUT2D eigenvalue weighted by Gasteiger charge is -2.27. The molecule has 1 saturated heterocycles. The summed E-state index contributed by atoms with van der Waals surface area (Å²) in [6, 6.07) is 20.8. The Kier molecular flexibility index (Phi) is 6.30. The van der Waals surface area contributed by atoms with E-state index in [1.165, 1.54) is 11.1 Å². The first-order valence-corrected chi connectivity index (χ1v) is 11.4. The minimum absolute atomic E-state index is 0.685. The second kappa shape index (κ2) is 9.83. The Hall–Kier alpha value is -3.71. The van der Waals surface area contributed by atoms with Crippen molar-refractivity contribution in [3.8, 4) is 0 Å². The number of hydrogen-bond donors (Lipinski definition) is 1. The molecule has 0 atom stereocenters. The van der Waals surface area contributed by atoms with Gasteiger partial charge in [0, 0.05) is 25.8 Å². The third-order valence-corrected chi connectivity index (χ3v) is 5.81. The molecule has 33 heavy (non-hydrogen) atoms. The minimum Gasteiger partial charge on any atom is -0.378 e. The molecular formula is C26H28N6O. The Bertz CT molecular complexity index is 1240. The van der Waals surface area contributed by atoms with Crippen LogP contribution in [0.5, 0.6) is 0 Å². The van der Waals surface area contributed by atoms with E-state index in [1.807, 2.05) is 24.4 Å². The normalized spacial score (nSPS) is 14.3. The molecule has 1 N–H and O–H groups in total. The number of hydrazone groups is 1. The second-order valence-corrected chi connectivity index (χ2v) is 8.24. The lowest BCUT2D eigenvalue weighted by molar-refractivity contribution is 0.122. The molecule has 168 valence electrons. The lowest BCUT2D eigenvalue weighted by atomic mass is 10.1. The summed E-state index contributed by atoms with van der Waals surface area (Å²) in [5, 5.41) is 5.43. The summed E-state index contributed by atoms with van der Waals surface area (Å²) in [5.41, 5.74) is 7.64. The molecule has 0 radical (unpaired) electrons. The topological polar surface area (TPSA) is 67.6 Å². The zero-order valence-electron chi connectivity index (χ0n) is 18.8. The minimum atomic E-state index is 0.685. The summed E-state index contributed by atoms with van der Waals surface area (Å²) in [4.78, 5) is 11.9. The van der Waals surface area contributed by atoms with E-state index >= 15 is 0 Å². The fraction of sp³-hybridized carbons (Fsp3) is 0.269. The number of benzene rings is 2. The zero-order chi connectivity index (χ0) is 22.5. The van der Waals surface area contributed by atoms with Gasteiger partial charge in [0.1, 0.15) is 5.65 Å². The van der Waals surface area contributed by atoms with Gasteiger partial charge in [-0.15, -0.1) is 0 Å². The standard InChI is InChI=1S/C26H28N6O/c1-20-6-5-9-22(18-20)19-27-30-24-23-11-13-31(12-10-21-7-3-2-4-8-21)25(23)29-26(28-24)32-14-16-33-17-15-32/h2-9,11,13,18-19H,10,12,14-17H2,1H3,(H,28,29,30). The van der Waals surface area contributed by atoms with Crippen molar-refractivity contribution in [1.82, 2.24) is 14.5 Å². The number of aromatic nitrogens is 3. The van der Waals surface area contributed by atoms with Crippen molar-refractivity contribution in [3.63, 3.8) is 0 Å². The first-order chi connectivity index (χ1) is 16.3. The average molecular weight is 441 g/mol. The van der Waals surface area contributed by atoms with Gasteiger partial charge in [0.15, 0.2) is 5.82 Å². The third-order valence-electron chi connectivity index (χ3n) is 5.81. The SMILES string of the molecule is Cc1cccc(C=NNc2nc(N3CCOCC3)nc3c2ccn3CCc2ccccc2)c1. The molecule has 3 heterocycles. The van der Waals surface area contributed by atoms with Crippen molar-refractivity contribution in [2.75, 3.05) is 36.6 Å². The van der Waals surface area contributed by atoms with Crippen LogP contribution in [-0.2, 0) is 17.7 Å². The zero-order valence-corrected chi connectivity index (χ0v) is 18.8. The Labute approximate surface area is 193 Å². The van der Waals surface area contributed by atoms with Gasteiger partial charge in [0.25, 0.3) is 0 Å². The molecular weight excluding hydrogens is 412 g/mol. The molecule has 1 aliphatic heterocycles. The molecule has 1 fully saturated rings. The fourth-order valence-corrected chi connectivity index (χ4v) is 4.04. The Morgan fingerprint density at radius 2 is 1.88 bits per heavy atom. The van der Waals surface area contributed by atoms with E-state index in [-0.39, 0.29) is 0 Å². The van der Waals surface area contributed by atoms with Gasteiger partial charge < -0.3 is 14.2 Å². The summed E-state index contributed by atoms with van der Waals surface area (Å²) in [5.74, 6) is 1.42. The van der Waals surface area contributed by atoms with Crippen LogP contribution in [0.4, 0.5) is 11.8 Å². The highest BCUT2D eigenvalue weighted by atomic mass is 16.5. The number of nitrogens with one attached hydrogen (secondary N) is 1. The molecule has 0 amide bonds. The Morgan fingerprint density at radius 1 is 1.03 bits per heavy atom. The molecule has 0 aliphatic carbocycles. The van der Waals surface area contributed by atoms with Crippen molar-refractivity contribution < 1.29 is 4.74 Å². The van der Waals surface area contributed by atoms with Gasteiger partial charge in [0.05, 0.1) is 24.8 Å². The fourth-order valence-electron chi connectivity index (χ4n) is 4.04. The van der Waals surface area contributed by atoms with Crippen LogP contribution in [0.3, 0.4) is 0 Å². The number of rotatable bonds is 7. The number of ether oxygens (including phenoxy) is 1. The number of anilines is 2. The molecule has 2 aromatic carbocycles. The molecule has 0 unspecified atom stereocenters. The smallest absolute Gasteiger partial charge is 0.229 e. The maximum atomic E-state index is 5.52. The predicted molar refractivity (Wildman–Crippen MR) is 133 cm³/mol. The van der Waals surface area contributed by atoms with E-state index in [9.17, 15) is 0 Å². The van der Waals surface area contributed by atoms with Gasteiger partial charge in [-0.05, 0) is 30.5 Å². The van der Waals surface area contributed by atoms with Gasteiger partial charge >= 0.3 is 0 Å². The summed E-state index contributed by atoms with van der Waals surface area (Å²) < 4.78 is 7.71.